The van der Waals surface area contributed by atoms with Crippen molar-refractivity contribution in [2.75, 3.05) is 43.1 Å². The Hall–Kier alpha value is -3.31. The van der Waals surface area contributed by atoms with Crippen LogP contribution in [0.25, 0.3) is 11.1 Å². The van der Waals surface area contributed by atoms with Gasteiger partial charge in [0.25, 0.3) is 5.91 Å². The minimum Gasteiger partial charge on any atom is -0.483 e. The summed E-state index contributed by atoms with van der Waals surface area (Å²) in [4.78, 5) is 14.6. The van der Waals surface area contributed by atoms with Gasteiger partial charge in [0.15, 0.2) is 6.61 Å². The maximum atomic E-state index is 12.4. The van der Waals surface area contributed by atoms with Crippen LogP contribution in [0.3, 0.4) is 0 Å². The van der Waals surface area contributed by atoms with E-state index in [1.807, 2.05) is 78.9 Å². The van der Waals surface area contributed by atoms with Crippen molar-refractivity contribution in [3.8, 4) is 16.9 Å². The van der Waals surface area contributed by atoms with Gasteiger partial charge in [-0.1, -0.05) is 48.5 Å². The third-order valence-corrected chi connectivity index (χ3v) is 4.86. The summed E-state index contributed by atoms with van der Waals surface area (Å²) >= 11 is 0. The van der Waals surface area contributed by atoms with E-state index in [0.29, 0.717) is 5.75 Å². The topological polar surface area (TPSA) is 50.8 Å². The Labute approximate surface area is 170 Å². The number of amides is 1. The second-order valence-corrected chi connectivity index (χ2v) is 6.85. The molecule has 0 atom stereocenters. The molecule has 4 rings (SSSR count). The monoisotopic (exact) mass is 388 g/mol. The largest absolute Gasteiger partial charge is 0.483 e. The van der Waals surface area contributed by atoms with Gasteiger partial charge in [-0.25, -0.2) is 0 Å². The first kappa shape index (κ1) is 19.0. The second-order valence-electron chi connectivity index (χ2n) is 6.85. The van der Waals surface area contributed by atoms with E-state index in [1.54, 1.807) is 0 Å². The van der Waals surface area contributed by atoms with Crippen molar-refractivity contribution in [3.05, 3.63) is 78.9 Å². The van der Waals surface area contributed by atoms with Crippen molar-refractivity contribution in [2.45, 2.75) is 0 Å². The molecule has 1 aliphatic heterocycles. The molecular weight excluding hydrogens is 364 g/mol. The minimum atomic E-state index is -0.188. The lowest BCUT2D eigenvalue weighted by atomic mass is 10.1. The lowest BCUT2D eigenvalue weighted by molar-refractivity contribution is -0.118. The van der Waals surface area contributed by atoms with Crippen LogP contribution >= 0.6 is 0 Å². The number of benzene rings is 3. The normalized spacial score (nSPS) is 13.7. The Morgan fingerprint density at radius 2 is 1.59 bits per heavy atom. The molecular formula is C24H24N2O3. The highest BCUT2D eigenvalue weighted by Crippen LogP contribution is 2.29. The number of hydrogen-bond donors (Lipinski definition) is 1. The van der Waals surface area contributed by atoms with Gasteiger partial charge in [-0.05, 0) is 35.9 Å². The van der Waals surface area contributed by atoms with E-state index >= 15 is 0 Å². The number of morpholine rings is 1. The smallest absolute Gasteiger partial charge is 0.262 e. The van der Waals surface area contributed by atoms with E-state index in [9.17, 15) is 4.79 Å². The Kier molecular flexibility index (Phi) is 6.07. The predicted octanol–water partition coefficient (Wildman–Crippen LogP) is 4.21. The van der Waals surface area contributed by atoms with Gasteiger partial charge in [-0.2, -0.15) is 0 Å². The summed E-state index contributed by atoms with van der Waals surface area (Å²) in [5.74, 6) is 0.503. The molecule has 29 heavy (non-hydrogen) atoms. The average molecular weight is 388 g/mol. The summed E-state index contributed by atoms with van der Waals surface area (Å²) in [7, 11) is 0. The van der Waals surface area contributed by atoms with E-state index < -0.39 is 0 Å². The van der Waals surface area contributed by atoms with Crippen LogP contribution in [0, 0.1) is 0 Å². The predicted molar refractivity (Wildman–Crippen MR) is 115 cm³/mol. The zero-order valence-corrected chi connectivity index (χ0v) is 16.2. The van der Waals surface area contributed by atoms with E-state index in [-0.39, 0.29) is 12.5 Å². The molecule has 0 unspecified atom stereocenters. The number of rotatable bonds is 6. The summed E-state index contributed by atoms with van der Waals surface area (Å²) in [6.45, 7) is 3.23. The number of anilines is 2. The highest BCUT2D eigenvalue weighted by Gasteiger charge is 2.12. The van der Waals surface area contributed by atoms with E-state index in [2.05, 4.69) is 10.2 Å². The standard InChI is InChI=1S/C24H24N2O3/c27-24(25-20-10-12-21(13-11-20)26-14-16-28-17-15-26)18-29-23-9-5-4-8-22(23)19-6-2-1-3-7-19/h1-13H,14-18H2,(H,25,27). The zero-order valence-electron chi connectivity index (χ0n) is 16.2. The number of ether oxygens (including phenoxy) is 2. The summed E-state index contributed by atoms with van der Waals surface area (Å²) in [6.07, 6.45) is 0. The Bertz CT molecular complexity index is 936. The highest BCUT2D eigenvalue weighted by molar-refractivity contribution is 5.92. The third kappa shape index (κ3) is 4.95. The van der Waals surface area contributed by atoms with Crippen LogP contribution in [0.4, 0.5) is 11.4 Å². The lowest BCUT2D eigenvalue weighted by Crippen LogP contribution is -2.36. The molecule has 148 valence electrons. The molecule has 0 aliphatic carbocycles. The van der Waals surface area contributed by atoms with Gasteiger partial charge in [0.05, 0.1) is 13.2 Å². The van der Waals surface area contributed by atoms with Crippen LogP contribution in [0.5, 0.6) is 5.75 Å². The molecule has 1 heterocycles. The number of carbonyl (C=O) groups is 1. The summed E-state index contributed by atoms with van der Waals surface area (Å²) in [6, 6.07) is 25.6. The number of nitrogens with zero attached hydrogens (tertiary/aromatic N) is 1. The Morgan fingerprint density at radius 3 is 2.34 bits per heavy atom. The van der Waals surface area contributed by atoms with Crippen LogP contribution in [-0.2, 0) is 9.53 Å². The molecule has 1 aliphatic rings. The van der Waals surface area contributed by atoms with Crippen molar-refractivity contribution in [3.63, 3.8) is 0 Å². The second kappa shape index (κ2) is 9.26. The van der Waals surface area contributed by atoms with E-state index in [0.717, 1.165) is 48.8 Å². The van der Waals surface area contributed by atoms with Crippen molar-refractivity contribution in [1.29, 1.82) is 0 Å². The first-order chi connectivity index (χ1) is 14.3. The van der Waals surface area contributed by atoms with Gasteiger partial charge in [0.1, 0.15) is 5.75 Å². The molecule has 5 nitrogen and oxygen atoms in total. The van der Waals surface area contributed by atoms with Crippen molar-refractivity contribution in [1.82, 2.24) is 0 Å². The fraction of sp³-hybridized carbons (Fsp3) is 0.208. The molecule has 1 amide bonds. The summed E-state index contributed by atoms with van der Waals surface area (Å²) in [5, 5.41) is 2.89. The number of carbonyl (C=O) groups excluding carboxylic acids is 1. The first-order valence-corrected chi connectivity index (χ1v) is 9.79. The van der Waals surface area contributed by atoms with Crippen LogP contribution in [0.15, 0.2) is 78.9 Å². The molecule has 0 spiro atoms. The number of nitrogens with one attached hydrogen (secondary N) is 1. The molecule has 0 bridgehead atoms. The van der Waals surface area contributed by atoms with Crippen LogP contribution in [0.2, 0.25) is 0 Å². The molecule has 5 heteroatoms. The molecule has 3 aromatic rings. The van der Waals surface area contributed by atoms with Crippen LogP contribution < -0.4 is 15.0 Å². The highest BCUT2D eigenvalue weighted by atomic mass is 16.5. The molecule has 1 fully saturated rings. The van der Waals surface area contributed by atoms with Crippen molar-refractivity contribution >= 4 is 17.3 Å². The van der Waals surface area contributed by atoms with Gasteiger partial charge in [0.2, 0.25) is 0 Å². The molecule has 3 aromatic carbocycles. The van der Waals surface area contributed by atoms with Gasteiger partial charge in [-0.3, -0.25) is 4.79 Å². The molecule has 1 N–H and O–H groups in total. The van der Waals surface area contributed by atoms with Crippen molar-refractivity contribution < 1.29 is 14.3 Å². The van der Waals surface area contributed by atoms with Gasteiger partial charge in [-0.15, -0.1) is 0 Å². The van der Waals surface area contributed by atoms with E-state index in [4.69, 9.17) is 9.47 Å². The fourth-order valence-corrected chi connectivity index (χ4v) is 3.37. The average Bonchev–Trinajstić information content (AvgIpc) is 2.80. The van der Waals surface area contributed by atoms with Crippen molar-refractivity contribution in [2.24, 2.45) is 0 Å². The van der Waals surface area contributed by atoms with E-state index in [1.165, 1.54) is 0 Å². The first-order valence-electron chi connectivity index (χ1n) is 9.79. The van der Waals surface area contributed by atoms with Gasteiger partial charge >= 0.3 is 0 Å². The SMILES string of the molecule is O=C(COc1ccccc1-c1ccccc1)Nc1ccc(N2CCOCC2)cc1. The Balaban J connectivity index is 1.35. The summed E-state index contributed by atoms with van der Waals surface area (Å²) < 4.78 is 11.2. The molecule has 1 saturated heterocycles. The maximum Gasteiger partial charge on any atom is 0.262 e. The van der Waals surface area contributed by atoms with Gasteiger partial charge < -0.3 is 19.7 Å². The van der Waals surface area contributed by atoms with Gasteiger partial charge in [0, 0.05) is 30.0 Å². The Morgan fingerprint density at radius 1 is 0.897 bits per heavy atom. The maximum absolute atomic E-state index is 12.4. The number of para-hydroxylation sites is 1. The molecule has 0 radical (unpaired) electrons. The zero-order chi connectivity index (χ0) is 19.9. The quantitative estimate of drug-likeness (QED) is 0.687. The molecule has 0 aromatic heterocycles. The third-order valence-electron chi connectivity index (χ3n) is 4.86. The van der Waals surface area contributed by atoms with Crippen LogP contribution in [-0.4, -0.2) is 38.8 Å². The summed E-state index contributed by atoms with van der Waals surface area (Å²) in [5.41, 5.74) is 3.92. The molecule has 0 saturated carbocycles. The lowest BCUT2D eigenvalue weighted by Gasteiger charge is -2.28. The van der Waals surface area contributed by atoms with Crippen LogP contribution in [0.1, 0.15) is 0 Å². The fourth-order valence-electron chi connectivity index (χ4n) is 3.37. The number of hydrogen-bond acceptors (Lipinski definition) is 4. The minimum absolute atomic E-state index is 0.0466.